The summed E-state index contributed by atoms with van der Waals surface area (Å²) in [5, 5.41) is 13.0. The smallest absolute Gasteiger partial charge is 0.134 e. The van der Waals surface area contributed by atoms with Crippen LogP contribution >= 0.6 is 0 Å². The molecule has 0 aliphatic carbocycles. The van der Waals surface area contributed by atoms with Crippen molar-refractivity contribution < 1.29 is 9.84 Å². The molecule has 138 valence electrons. The van der Waals surface area contributed by atoms with Gasteiger partial charge in [-0.05, 0) is 24.8 Å². The number of nitrogens with one attached hydrogen (secondary N) is 1. The van der Waals surface area contributed by atoms with Crippen LogP contribution in [0, 0.1) is 5.92 Å². The zero-order chi connectivity index (χ0) is 17.8. The number of ether oxygens (including phenoxy) is 1. The number of hydrogen-bond acceptors (Lipinski definition) is 6. The highest BCUT2D eigenvalue weighted by Crippen LogP contribution is 2.34. The molecule has 26 heavy (non-hydrogen) atoms. The van der Waals surface area contributed by atoms with E-state index in [2.05, 4.69) is 44.5 Å². The number of benzene rings is 1. The fraction of sp³-hybridized carbons (Fsp3) is 0.500. The largest absolute Gasteiger partial charge is 0.394 e. The van der Waals surface area contributed by atoms with E-state index in [1.54, 1.807) is 6.33 Å². The van der Waals surface area contributed by atoms with Gasteiger partial charge in [-0.25, -0.2) is 9.97 Å². The number of rotatable bonds is 6. The van der Waals surface area contributed by atoms with Gasteiger partial charge in [0.25, 0.3) is 0 Å². The minimum Gasteiger partial charge on any atom is -0.394 e. The van der Waals surface area contributed by atoms with E-state index in [-0.39, 0.29) is 18.8 Å². The van der Waals surface area contributed by atoms with Crippen molar-refractivity contribution in [1.29, 1.82) is 0 Å². The summed E-state index contributed by atoms with van der Waals surface area (Å²) in [7, 11) is 0. The Morgan fingerprint density at radius 1 is 1.19 bits per heavy atom. The molecule has 6 heteroatoms. The second-order valence-corrected chi connectivity index (χ2v) is 7.07. The standard InChI is InChI=1S/C20H26N4O2/c25-13-17-7-4-9-24(17)19-11-18(22-14-23-19)21-12-16-8-10-26-20(16)15-5-2-1-3-6-15/h1-3,5-6,11,14,16-17,20,25H,4,7-10,12-13H2,(H,21,22,23). The predicted molar refractivity (Wildman–Crippen MR) is 101 cm³/mol. The summed E-state index contributed by atoms with van der Waals surface area (Å²) >= 11 is 0. The van der Waals surface area contributed by atoms with Gasteiger partial charge in [0.05, 0.1) is 18.8 Å². The molecule has 1 aromatic heterocycles. The Hall–Kier alpha value is -2.18. The Kier molecular flexibility index (Phi) is 5.32. The van der Waals surface area contributed by atoms with Crippen molar-refractivity contribution in [2.45, 2.75) is 31.4 Å². The van der Waals surface area contributed by atoms with E-state index < -0.39 is 0 Å². The van der Waals surface area contributed by atoms with E-state index in [0.29, 0.717) is 5.92 Å². The Morgan fingerprint density at radius 3 is 2.92 bits per heavy atom. The van der Waals surface area contributed by atoms with Gasteiger partial charge in [-0.3, -0.25) is 0 Å². The predicted octanol–water partition coefficient (Wildman–Crippen LogP) is 2.63. The molecule has 1 aromatic carbocycles. The maximum absolute atomic E-state index is 9.54. The van der Waals surface area contributed by atoms with E-state index in [0.717, 1.165) is 50.6 Å². The number of hydrogen-bond donors (Lipinski definition) is 2. The second-order valence-electron chi connectivity index (χ2n) is 7.07. The van der Waals surface area contributed by atoms with Crippen molar-refractivity contribution in [2.75, 3.05) is 36.5 Å². The highest BCUT2D eigenvalue weighted by Gasteiger charge is 2.29. The van der Waals surface area contributed by atoms with Gasteiger partial charge in [0.1, 0.15) is 18.0 Å². The minimum absolute atomic E-state index is 0.141. The van der Waals surface area contributed by atoms with Crippen molar-refractivity contribution in [3.8, 4) is 0 Å². The first-order valence-corrected chi connectivity index (χ1v) is 9.45. The summed E-state index contributed by atoms with van der Waals surface area (Å²) in [5.74, 6) is 2.14. The third-order valence-electron chi connectivity index (χ3n) is 5.42. The highest BCUT2D eigenvalue weighted by molar-refractivity contribution is 5.50. The Morgan fingerprint density at radius 2 is 2.08 bits per heavy atom. The monoisotopic (exact) mass is 354 g/mol. The topological polar surface area (TPSA) is 70.5 Å². The van der Waals surface area contributed by atoms with Crippen LogP contribution in [-0.4, -0.2) is 47.4 Å². The van der Waals surface area contributed by atoms with Crippen LogP contribution in [0.3, 0.4) is 0 Å². The van der Waals surface area contributed by atoms with Crippen LogP contribution in [0.5, 0.6) is 0 Å². The molecule has 3 unspecified atom stereocenters. The maximum atomic E-state index is 9.54. The Labute approximate surface area is 154 Å². The summed E-state index contributed by atoms with van der Waals surface area (Å²) in [5.41, 5.74) is 1.24. The van der Waals surface area contributed by atoms with Gasteiger partial charge in [0.15, 0.2) is 0 Å². The molecule has 2 aromatic rings. The molecule has 2 aliphatic rings. The molecule has 2 aliphatic heterocycles. The first kappa shape index (κ1) is 17.2. The summed E-state index contributed by atoms with van der Waals surface area (Å²) in [6.07, 6.45) is 4.90. The van der Waals surface area contributed by atoms with Crippen LogP contribution in [0.2, 0.25) is 0 Å². The summed E-state index contributed by atoms with van der Waals surface area (Å²) in [4.78, 5) is 10.9. The van der Waals surface area contributed by atoms with Gasteiger partial charge in [-0.15, -0.1) is 0 Å². The molecule has 6 nitrogen and oxygen atoms in total. The fourth-order valence-electron chi connectivity index (χ4n) is 4.02. The molecule has 0 radical (unpaired) electrons. The van der Waals surface area contributed by atoms with Crippen LogP contribution in [0.4, 0.5) is 11.6 Å². The lowest BCUT2D eigenvalue weighted by Crippen LogP contribution is -2.32. The molecule has 3 atom stereocenters. The zero-order valence-electron chi connectivity index (χ0n) is 14.9. The molecule has 2 N–H and O–H groups in total. The fourth-order valence-corrected chi connectivity index (χ4v) is 4.02. The highest BCUT2D eigenvalue weighted by atomic mass is 16.5. The SMILES string of the molecule is OCC1CCCN1c1cc(NCC2CCOC2c2ccccc2)ncn1. The van der Waals surface area contributed by atoms with Crippen LogP contribution in [0.25, 0.3) is 0 Å². The number of aliphatic hydroxyl groups is 1. The average Bonchev–Trinajstić information content (AvgIpc) is 3.36. The van der Waals surface area contributed by atoms with Gasteiger partial charge in [0, 0.05) is 31.7 Å². The van der Waals surface area contributed by atoms with Gasteiger partial charge in [-0.2, -0.15) is 0 Å². The third-order valence-corrected chi connectivity index (χ3v) is 5.42. The van der Waals surface area contributed by atoms with E-state index in [4.69, 9.17) is 4.74 Å². The van der Waals surface area contributed by atoms with Crippen molar-refractivity contribution in [2.24, 2.45) is 5.92 Å². The van der Waals surface area contributed by atoms with Crippen LogP contribution in [-0.2, 0) is 4.74 Å². The van der Waals surface area contributed by atoms with Crippen molar-refractivity contribution in [3.05, 3.63) is 48.3 Å². The first-order valence-electron chi connectivity index (χ1n) is 9.45. The third kappa shape index (κ3) is 3.66. The zero-order valence-corrected chi connectivity index (χ0v) is 14.9. The lowest BCUT2D eigenvalue weighted by molar-refractivity contribution is 0.0933. The molecule has 2 saturated heterocycles. The van der Waals surface area contributed by atoms with Crippen molar-refractivity contribution >= 4 is 11.6 Å². The van der Waals surface area contributed by atoms with Gasteiger partial charge < -0.3 is 20.1 Å². The summed E-state index contributed by atoms with van der Waals surface area (Å²) in [6, 6.07) is 12.6. The molecule has 0 bridgehead atoms. The average molecular weight is 354 g/mol. The number of aromatic nitrogens is 2. The van der Waals surface area contributed by atoms with E-state index >= 15 is 0 Å². The quantitative estimate of drug-likeness (QED) is 0.831. The molecule has 0 spiro atoms. The molecule has 4 rings (SSSR count). The number of anilines is 2. The summed E-state index contributed by atoms with van der Waals surface area (Å²) in [6.45, 7) is 2.73. The van der Waals surface area contributed by atoms with Crippen LogP contribution in [0.1, 0.15) is 30.9 Å². The second kappa shape index (κ2) is 8.01. The molecular weight excluding hydrogens is 328 g/mol. The lowest BCUT2D eigenvalue weighted by Gasteiger charge is -2.24. The van der Waals surface area contributed by atoms with E-state index in [1.165, 1.54) is 5.56 Å². The minimum atomic E-state index is 0.141. The lowest BCUT2D eigenvalue weighted by atomic mass is 9.95. The summed E-state index contributed by atoms with van der Waals surface area (Å²) < 4.78 is 5.96. The Balaban J connectivity index is 1.41. The number of aliphatic hydroxyl groups excluding tert-OH is 1. The molecule has 2 fully saturated rings. The maximum Gasteiger partial charge on any atom is 0.134 e. The van der Waals surface area contributed by atoms with E-state index in [1.807, 2.05) is 12.1 Å². The Bertz CT molecular complexity index is 712. The normalized spacial score (nSPS) is 25.6. The first-order chi connectivity index (χ1) is 12.8. The van der Waals surface area contributed by atoms with Gasteiger partial charge in [-0.1, -0.05) is 30.3 Å². The van der Waals surface area contributed by atoms with Crippen LogP contribution in [0.15, 0.2) is 42.7 Å². The number of nitrogens with zero attached hydrogens (tertiary/aromatic N) is 3. The van der Waals surface area contributed by atoms with Crippen molar-refractivity contribution in [1.82, 2.24) is 9.97 Å². The molecule has 0 saturated carbocycles. The van der Waals surface area contributed by atoms with Gasteiger partial charge in [0.2, 0.25) is 0 Å². The van der Waals surface area contributed by atoms with Crippen molar-refractivity contribution in [3.63, 3.8) is 0 Å². The molecule has 0 amide bonds. The molecular formula is C20H26N4O2. The van der Waals surface area contributed by atoms with E-state index in [9.17, 15) is 5.11 Å². The van der Waals surface area contributed by atoms with Crippen LogP contribution < -0.4 is 10.2 Å². The van der Waals surface area contributed by atoms with Gasteiger partial charge >= 0.3 is 0 Å². The molecule has 3 heterocycles.